The highest BCUT2D eigenvalue weighted by Crippen LogP contribution is 2.20. The molecule has 16 heavy (non-hydrogen) atoms. The zero-order valence-electron chi connectivity index (χ0n) is 8.33. The van der Waals surface area contributed by atoms with E-state index in [1.54, 1.807) is 30.3 Å². The Morgan fingerprint density at radius 1 is 1.31 bits per heavy atom. The Labute approximate surface area is 91.7 Å². The number of nitrogens with zero attached hydrogens (tertiary/aromatic N) is 1. The number of hydrogen-bond donors (Lipinski definition) is 2. The maximum absolute atomic E-state index is 11.0. The molecule has 1 unspecified atom stereocenters. The lowest BCUT2D eigenvalue weighted by Gasteiger charge is -2.13. The molecule has 1 aromatic carbocycles. The Bertz CT molecular complexity index is 453. The van der Waals surface area contributed by atoms with Crippen LogP contribution < -0.4 is 4.74 Å². The van der Waals surface area contributed by atoms with Crippen molar-refractivity contribution < 1.29 is 14.6 Å². The standard InChI is InChI=1S/C11H10N2O3/c14-11(15)10(9-6-7-12-13-9)16-8-4-2-1-3-5-8/h1-7,10H,(H,12,13)(H,14,15). The Kier molecular flexibility index (Phi) is 2.86. The molecule has 0 aliphatic rings. The van der Waals surface area contributed by atoms with Crippen LogP contribution in [0, 0.1) is 0 Å². The first-order valence-corrected chi connectivity index (χ1v) is 4.71. The second kappa shape index (κ2) is 4.48. The van der Waals surface area contributed by atoms with Crippen molar-refractivity contribution in [3.8, 4) is 5.75 Å². The number of hydrogen-bond acceptors (Lipinski definition) is 3. The first-order valence-electron chi connectivity index (χ1n) is 4.71. The molecule has 0 radical (unpaired) electrons. The summed E-state index contributed by atoms with van der Waals surface area (Å²) in [4.78, 5) is 11.0. The molecule has 0 saturated carbocycles. The van der Waals surface area contributed by atoms with Crippen LogP contribution >= 0.6 is 0 Å². The van der Waals surface area contributed by atoms with Gasteiger partial charge in [0.15, 0.2) is 0 Å². The summed E-state index contributed by atoms with van der Waals surface area (Å²) >= 11 is 0. The molecule has 0 saturated heterocycles. The van der Waals surface area contributed by atoms with Gasteiger partial charge in [0.25, 0.3) is 0 Å². The minimum absolute atomic E-state index is 0.413. The molecule has 5 nitrogen and oxygen atoms in total. The molecule has 2 rings (SSSR count). The van der Waals surface area contributed by atoms with E-state index in [-0.39, 0.29) is 0 Å². The number of carboxylic acids is 1. The van der Waals surface area contributed by atoms with Crippen LogP contribution in [0.2, 0.25) is 0 Å². The summed E-state index contributed by atoms with van der Waals surface area (Å²) in [7, 11) is 0. The fourth-order valence-electron chi connectivity index (χ4n) is 1.29. The molecule has 0 aliphatic carbocycles. The van der Waals surface area contributed by atoms with Crippen LogP contribution in [0.4, 0.5) is 0 Å². The van der Waals surface area contributed by atoms with Gasteiger partial charge in [-0.25, -0.2) is 4.79 Å². The highest BCUT2D eigenvalue weighted by molar-refractivity contribution is 5.74. The van der Waals surface area contributed by atoms with E-state index in [1.807, 2.05) is 6.07 Å². The van der Waals surface area contributed by atoms with Crippen LogP contribution in [0.5, 0.6) is 5.75 Å². The fraction of sp³-hybridized carbons (Fsp3) is 0.0909. The molecule has 82 valence electrons. The predicted octanol–water partition coefficient (Wildman–Crippen LogP) is 1.61. The summed E-state index contributed by atoms with van der Waals surface area (Å²) < 4.78 is 5.35. The van der Waals surface area contributed by atoms with E-state index in [1.165, 1.54) is 6.20 Å². The summed E-state index contributed by atoms with van der Waals surface area (Å²) in [5.41, 5.74) is 0.413. The summed E-state index contributed by atoms with van der Waals surface area (Å²) in [6.45, 7) is 0. The maximum Gasteiger partial charge on any atom is 0.351 e. The molecule has 1 atom stereocenters. The first-order chi connectivity index (χ1) is 7.77. The van der Waals surface area contributed by atoms with E-state index >= 15 is 0 Å². The van der Waals surface area contributed by atoms with Crippen LogP contribution in [0.1, 0.15) is 11.8 Å². The average Bonchev–Trinajstić information content (AvgIpc) is 2.80. The lowest BCUT2D eigenvalue weighted by atomic mass is 10.2. The van der Waals surface area contributed by atoms with Gasteiger partial charge < -0.3 is 9.84 Å². The minimum atomic E-state index is -1.06. The molecule has 0 bridgehead atoms. The van der Waals surface area contributed by atoms with Gasteiger partial charge in [-0.2, -0.15) is 5.10 Å². The molecule has 0 spiro atoms. The van der Waals surface area contributed by atoms with Crippen molar-refractivity contribution in [2.45, 2.75) is 6.10 Å². The van der Waals surface area contributed by atoms with Crippen LogP contribution in [0.15, 0.2) is 42.6 Å². The monoisotopic (exact) mass is 218 g/mol. The quantitative estimate of drug-likeness (QED) is 0.817. The molecule has 0 aliphatic heterocycles. The normalized spacial score (nSPS) is 12.0. The predicted molar refractivity (Wildman–Crippen MR) is 56.0 cm³/mol. The SMILES string of the molecule is O=C(O)C(Oc1ccccc1)c1ccn[nH]1. The third kappa shape index (κ3) is 2.20. The van der Waals surface area contributed by atoms with E-state index in [4.69, 9.17) is 9.84 Å². The largest absolute Gasteiger partial charge is 0.478 e. The van der Waals surface area contributed by atoms with Gasteiger partial charge in [-0.1, -0.05) is 18.2 Å². The first kappa shape index (κ1) is 10.2. The van der Waals surface area contributed by atoms with Crippen molar-refractivity contribution in [1.29, 1.82) is 0 Å². The van der Waals surface area contributed by atoms with Crippen molar-refractivity contribution in [2.75, 3.05) is 0 Å². The highest BCUT2D eigenvalue weighted by atomic mass is 16.5. The Hall–Kier alpha value is -2.30. The zero-order valence-corrected chi connectivity index (χ0v) is 8.33. The van der Waals surface area contributed by atoms with Crippen LogP contribution in [0.3, 0.4) is 0 Å². The maximum atomic E-state index is 11.0. The van der Waals surface area contributed by atoms with Crippen molar-refractivity contribution in [3.63, 3.8) is 0 Å². The smallest absolute Gasteiger partial charge is 0.351 e. The van der Waals surface area contributed by atoms with Crippen molar-refractivity contribution in [2.24, 2.45) is 0 Å². The van der Waals surface area contributed by atoms with Crippen LogP contribution in [-0.4, -0.2) is 21.3 Å². The fourth-order valence-corrected chi connectivity index (χ4v) is 1.29. The van der Waals surface area contributed by atoms with E-state index in [9.17, 15) is 4.79 Å². The van der Waals surface area contributed by atoms with Crippen LogP contribution in [0.25, 0.3) is 0 Å². The van der Waals surface area contributed by atoms with Crippen molar-refractivity contribution >= 4 is 5.97 Å². The molecular weight excluding hydrogens is 208 g/mol. The summed E-state index contributed by atoms with van der Waals surface area (Å²) in [6, 6.07) is 10.4. The van der Waals surface area contributed by atoms with Crippen LogP contribution in [-0.2, 0) is 4.79 Å². The number of aromatic nitrogens is 2. The van der Waals surface area contributed by atoms with Gasteiger partial charge in [-0.05, 0) is 18.2 Å². The topological polar surface area (TPSA) is 75.2 Å². The van der Waals surface area contributed by atoms with E-state index in [0.29, 0.717) is 11.4 Å². The number of carbonyl (C=O) groups is 1. The number of aliphatic carboxylic acids is 1. The summed E-state index contributed by atoms with van der Waals surface area (Å²) in [5, 5.41) is 15.3. The molecule has 0 fully saturated rings. The van der Waals surface area contributed by atoms with Gasteiger partial charge in [0.05, 0.1) is 5.69 Å². The number of ether oxygens (including phenoxy) is 1. The third-order valence-corrected chi connectivity index (χ3v) is 2.03. The van der Waals surface area contributed by atoms with E-state index < -0.39 is 12.1 Å². The van der Waals surface area contributed by atoms with Gasteiger partial charge in [-0.15, -0.1) is 0 Å². The average molecular weight is 218 g/mol. The number of carboxylic acid groups (broad SMARTS) is 1. The highest BCUT2D eigenvalue weighted by Gasteiger charge is 2.22. The Balaban J connectivity index is 2.19. The molecule has 0 amide bonds. The summed E-state index contributed by atoms with van der Waals surface area (Å²) in [6.07, 6.45) is 0.421. The number of nitrogens with one attached hydrogen (secondary N) is 1. The summed E-state index contributed by atoms with van der Waals surface area (Å²) in [5.74, 6) is -0.558. The van der Waals surface area contributed by atoms with E-state index in [0.717, 1.165) is 0 Å². The molecule has 1 aromatic heterocycles. The molecule has 1 heterocycles. The third-order valence-electron chi connectivity index (χ3n) is 2.03. The molecule has 2 aromatic rings. The van der Waals surface area contributed by atoms with Gasteiger partial charge in [-0.3, -0.25) is 5.10 Å². The Morgan fingerprint density at radius 2 is 2.06 bits per heavy atom. The molecule has 5 heteroatoms. The number of benzene rings is 1. The zero-order chi connectivity index (χ0) is 11.4. The lowest BCUT2D eigenvalue weighted by Crippen LogP contribution is -2.18. The van der Waals surface area contributed by atoms with Crippen molar-refractivity contribution in [1.82, 2.24) is 10.2 Å². The second-order valence-corrected chi connectivity index (χ2v) is 3.16. The molecule has 2 N–H and O–H groups in total. The lowest BCUT2D eigenvalue weighted by molar-refractivity contribution is -0.145. The number of H-pyrrole nitrogens is 1. The number of aromatic amines is 1. The second-order valence-electron chi connectivity index (χ2n) is 3.16. The number of para-hydroxylation sites is 1. The molecular formula is C11H10N2O3. The van der Waals surface area contributed by atoms with Gasteiger partial charge in [0.2, 0.25) is 6.10 Å². The van der Waals surface area contributed by atoms with Crippen molar-refractivity contribution in [3.05, 3.63) is 48.3 Å². The number of rotatable bonds is 4. The van der Waals surface area contributed by atoms with Gasteiger partial charge >= 0.3 is 5.97 Å². The minimum Gasteiger partial charge on any atom is -0.478 e. The van der Waals surface area contributed by atoms with E-state index in [2.05, 4.69) is 10.2 Å². The van der Waals surface area contributed by atoms with Gasteiger partial charge in [0.1, 0.15) is 5.75 Å². The Morgan fingerprint density at radius 3 is 2.62 bits per heavy atom. The van der Waals surface area contributed by atoms with Gasteiger partial charge in [0, 0.05) is 6.20 Å².